The minimum atomic E-state index is -0.671. The molecule has 0 spiro atoms. The highest BCUT2D eigenvalue weighted by Crippen LogP contribution is 2.17. The average molecular weight is 455 g/mol. The molecule has 0 bridgehead atoms. The number of rotatable bonds is 24. The van der Waals surface area contributed by atoms with E-state index in [1.54, 1.807) is 0 Å². The lowest BCUT2D eigenvalue weighted by molar-refractivity contribution is -0.145. The highest BCUT2D eigenvalue weighted by Gasteiger charge is 2.10. The number of carbonyl (C=O) groups is 2. The lowest BCUT2D eigenvalue weighted by Gasteiger charge is -2.14. The van der Waals surface area contributed by atoms with Gasteiger partial charge in [-0.1, -0.05) is 117 Å². The van der Waals surface area contributed by atoms with Crippen LogP contribution in [0.5, 0.6) is 0 Å². The lowest BCUT2D eigenvalue weighted by atomic mass is 9.97. The van der Waals surface area contributed by atoms with Gasteiger partial charge in [-0.15, -0.1) is 0 Å². The molecule has 0 aromatic heterocycles. The van der Waals surface area contributed by atoms with Crippen molar-refractivity contribution in [3.63, 3.8) is 0 Å². The van der Waals surface area contributed by atoms with E-state index in [0.717, 1.165) is 25.7 Å². The average Bonchev–Trinajstić information content (AvgIpc) is 2.78. The van der Waals surface area contributed by atoms with Crippen molar-refractivity contribution in [2.45, 2.75) is 149 Å². The number of hydrogen-bond acceptors (Lipinski definition) is 3. The molecule has 0 saturated carbocycles. The van der Waals surface area contributed by atoms with Gasteiger partial charge in [0, 0.05) is 12.8 Å². The quantitative estimate of drug-likeness (QED) is 0.117. The first-order valence-corrected chi connectivity index (χ1v) is 13.9. The van der Waals surface area contributed by atoms with Crippen molar-refractivity contribution in [2.24, 2.45) is 11.8 Å². The Morgan fingerprint density at radius 3 is 1.72 bits per heavy atom. The summed E-state index contributed by atoms with van der Waals surface area (Å²) in [7, 11) is 0. The van der Waals surface area contributed by atoms with Crippen molar-refractivity contribution in [2.75, 3.05) is 6.61 Å². The molecule has 4 heteroatoms. The van der Waals surface area contributed by atoms with Crippen LogP contribution in [0.1, 0.15) is 149 Å². The SMILES string of the molecule is CCCCC(CC)COC(=O)CCCCCCCCCCCCCCC(C)CCC(=O)O. The summed E-state index contributed by atoms with van der Waals surface area (Å²) in [4.78, 5) is 22.5. The van der Waals surface area contributed by atoms with Gasteiger partial charge in [-0.3, -0.25) is 9.59 Å². The Kier molecular flexibility index (Phi) is 22.3. The second-order valence-electron chi connectivity index (χ2n) is 9.92. The van der Waals surface area contributed by atoms with Gasteiger partial charge in [-0.25, -0.2) is 0 Å². The van der Waals surface area contributed by atoms with Gasteiger partial charge < -0.3 is 9.84 Å². The van der Waals surface area contributed by atoms with Gasteiger partial charge in [0.1, 0.15) is 0 Å². The van der Waals surface area contributed by atoms with Gasteiger partial charge in [0.2, 0.25) is 0 Å². The number of esters is 1. The number of carboxylic acids is 1. The molecule has 0 saturated heterocycles. The maximum absolute atomic E-state index is 11.9. The number of aliphatic carboxylic acids is 1. The molecule has 0 aliphatic rings. The van der Waals surface area contributed by atoms with E-state index in [1.165, 1.54) is 89.9 Å². The summed E-state index contributed by atoms with van der Waals surface area (Å²) in [6.45, 7) is 7.18. The smallest absolute Gasteiger partial charge is 0.305 e. The molecule has 2 atom stereocenters. The van der Waals surface area contributed by atoms with Crippen molar-refractivity contribution >= 4 is 11.9 Å². The highest BCUT2D eigenvalue weighted by atomic mass is 16.5. The van der Waals surface area contributed by atoms with Crippen LogP contribution < -0.4 is 0 Å². The largest absolute Gasteiger partial charge is 0.481 e. The number of ether oxygens (including phenoxy) is 1. The minimum absolute atomic E-state index is 0.00494. The molecule has 0 fully saturated rings. The Morgan fingerprint density at radius 1 is 0.688 bits per heavy atom. The Balaban J connectivity index is 3.32. The van der Waals surface area contributed by atoms with Gasteiger partial charge >= 0.3 is 11.9 Å². The minimum Gasteiger partial charge on any atom is -0.481 e. The van der Waals surface area contributed by atoms with Crippen LogP contribution in [0.3, 0.4) is 0 Å². The first kappa shape index (κ1) is 30.9. The predicted molar refractivity (Wildman–Crippen MR) is 135 cm³/mol. The van der Waals surface area contributed by atoms with Crippen LogP contribution in [-0.2, 0) is 14.3 Å². The molecule has 190 valence electrons. The summed E-state index contributed by atoms with van der Waals surface area (Å²) >= 11 is 0. The van der Waals surface area contributed by atoms with Crippen LogP contribution in [0.25, 0.3) is 0 Å². The molecule has 0 aliphatic carbocycles. The first-order chi connectivity index (χ1) is 15.5. The zero-order valence-electron chi connectivity index (χ0n) is 21.7. The monoisotopic (exact) mass is 454 g/mol. The Hall–Kier alpha value is -1.06. The Morgan fingerprint density at radius 2 is 1.22 bits per heavy atom. The molecular weight excluding hydrogens is 400 g/mol. The first-order valence-electron chi connectivity index (χ1n) is 13.9. The van der Waals surface area contributed by atoms with Crippen LogP contribution in [0, 0.1) is 11.8 Å². The molecule has 32 heavy (non-hydrogen) atoms. The van der Waals surface area contributed by atoms with Gasteiger partial charge in [0.25, 0.3) is 0 Å². The number of carbonyl (C=O) groups excluding carboxylic acids is 1. The van der Waals surface area contributed by atoms with Gasteiger partial charge in [-0.05, 0) is 31.1 Å². The normalized spacial score (nSPS) is 13.1. The topological polar surface area (TPSA) is 63.6 Å². The summed E-state index contributed by atoms with van der Waals surface area (Å²) < 4.78 is 5.47. The van der Waals surface area contributed by atoms with E-state index >= 15 is 0 Å². The molecule has 0 amide bonds. The molecule has 0 aromatic carbocycles. The predicted octanol–water partition coefficient (Wildman–Crippen LogP) is 8.71. The van der Waals surface area contributed by atoms with Crippen molar-refractivity contribution < 1.29 is 19.4 Å². The molecule has 0 radical (unpaired) electrons. The summed E-state index contributed by atoms with van der Waals surface area (Å²) in [6, 6.07) is 0. The Labute approximate surface area is 199 Å². The Bertz CT molecular complexity index is 435. The third-order valence-corrected chi connectivity index (χ3v) is 6.70. The molecular formula is C28H54O4. The van der Waals surface area contributed by atoms with Crippen molar-refractivity contribution in [1.29, 1.82) is 0 Å². The molecule has 4 nitrogen and oxygen atoms in total. The van der Waals surface area contributed by atoms with E-state index in [2.05, 4.69) is 20.8 Å². The second kappa shape index (κ2) is 23.1. The van der Waals surface area contributed by atoms with E-state index in [-0.39, 0.29) is 5.97 Å². The van der Waals surface area contributed by atoms with E-state index < -0.39 is 5.97 Å². The number of hydrogen-bond donors (Lipinski definition) is 1. The summed E-state index contributed by atoms with van der Waals surface area (Å²) in [5, 5.41) is 8.71. The third-order valence-electron chi connectivity index (χ3n) is 6.70. The fraction of sp³-hybridized carbons (Fsp3) is 0.929. The molecule has 1 N–H and O–H groups in total. The molecule has 0 aliphatic heterocycles. The van der Waals surface area contributed by atoms with Gasteiger partial charge in [-0.2, -0.15) is 0 Å². The molecule has 0 rings (SSSR count). The van der Waals surface area contributed by atoms with Crippen LogP contribution in [0.2, 0.25) is 0 Å². The summed E-state index contributed by atoms with van der Waals surface area (Å²) in [5.41, 5.74) is 0. The standard InChI is InChI=1S/C28H54O4/c1-4-6-20-26(5-2)24-32-28(31)21-18-16-14-12-10-8-7-9-11-13-15-17-19-25(3)22-23-27(29)30/h25-26H,4-24H2,1-3H3,(H,29,30). The third kappa shape index (κ3) is 22.1. The fourth-order valence-corrected chi connectivity index (χ4v) is 4.23. The fourth-order valence-electron chi connectivity index (χ4n) is 4.23. The van der Waals surface area contributed by atoms with E-state index in [9.17, 15) is 9.59 Å². The van der Waals surface area contributed by atoms with Crippen molar-refractivity contribution in [3.8, 4) is 0 Å². The highest BCUT2D eigenvalue weighted by molar-refractivity contribution is 5.69. The van der Waals surface area contributed by atoms with Crippen LogP contribution >= 0.6 is 0 Å². The summed E-state index contributed by atoms with van der Waals surface area (Å²) in [5.74, 6) is 0.406. The van der Waals surface area contributed by atoms with E-state index in [4.69, 9.17) is 9.84 Å². The molecule has 0 aromatic rings. The van der Waals surface area contributed by atoms with Crippen molar-refractivity contribution in [1.82, 2.24) is 0 Å². The number of unbranched alkanes of at least 4 members (excludes halogenated alkanes) is 12. The summed E-state index contributed by atoms with van der Waals surface area (Å²) in [6.07, 6.45) is 22.8. The maximum atomic E-state index is 11.9. The van der Waals surface area contributed by atoms with Crippen LogP contribution in [-0.4, -0.2) is 23.7 Å². The lowest BCUT2D eigenvalue weighted by Crippen LogP contribution is -2.13. The zero-order valence-corrected chi connectivity index (χ0v) is 21.7. The van der Waals surface area contributed by atoms with E-state index in [0.29, 0.717) is 31.3 Å². The number of carboxylic acid groups (broad SMARTS) is 1. The van der Waals surface area contributed by atoms with E-state index in [1.807, 2.05) is 0 Å². The van der Waals surface area contributed by atoms with Gasteiger partial charge in [0.05, 0.1) is 6.61 Å². The zero-order chi connectivity index (χ0) is 23.9. The van der Waals surface area contributed by atoms with Gasteiger partial charge in [0.15, 0.2) is 0 Å². The second-order valence-corrected chi connectivity index (χ2v) is 9.92. The van der Waals surface area contributed by atoms with Crippen molar-refractivity contribution in [3.05, 3.63) is 0 Å². The van der Waals surface area contributed by atoms with Crippen LogP contribution in [0.15, 0.2) is 0 Å². The molecule has 0 heterocycles. The van der Waals surface area contributed by atoms with Crippen LogP contribution in [0.4, 0.5) is 0 Å². The molecule has 2 unspecified atom stereocenters. The maximum Gasteiger partial charge on any atom is 0.305 e.